The third-order valence-corrected chi connectivity index (χ3v) is 4.90. The molecule has 4 heteroatoms. The Bertz CT molecular complexity index is 421. The van der Waals surface area contributed by atoms with Gasteiger partial charge in [-0.15, -0.1) is 0 Å². The zero-order chi connectivity index (χ0) is 15.8. The van der Waals surface area contributed by atoms with Crippen LogP contribution >= 0.6 is 15.9 Å². The van der Waals surface area contributed by atoms with E-state index < -0.39 is 0 Å². The summed E-state index contributed by atoms with van der Waals surface area (Å²) in [5, 5.41) is 0. The van der Waals surface area contributed by atoms with E-state index >= 15 is 0 Å². The van der Waals surface area contributed by atoms with Crippen LogP contribution in [0.2, 0.25) is 0 Å². The maximum atomic E-state index is 6.07. The maximum absolute atomic E-state index is 6.07. The second-order valence-corrected chi connectivity index (χ2v) is 6.27. The van der Waals surface area contributed by atoms with Gasteiger partial charge in [0.2, 0.25) is 0 Å². The fourth-order valence-electron chi connectivity index (χ4n) is 2.74. The number of likely N-dealkylation sites (N-methyl/N-ethyl adjacent to an activating group) is 1. The van der Waals surface area contributed by atoms with Gasteiger partial charge in [-0.2, -0.15) is 0 Å². The second-order valence-electron chi connectivity index (χ2n) is 5.42. The van der Waals surface area contributed by atoms with Crippen LogP contribution in [0.5, 0.6) is 5.75 Å². The van der Waals surface area contributed by atoms with Crippen molar-refractivity contribution in [3.63, 3.8) is 0 Å². The summed E-state index contributed by atoms with van der Waals surface area (Å²) in [5.74, 6) is 1.60. The first-order chi connectivity index (χ1) is 10.1. The van der Waals surface area contributed by atoms with Crippen molar-refractivity contribution in [2.75, 3.05) is 26.7 Å². The maximum Gasteiger partial charge on any atom is 0.133 e. The van der Waals surface area contributed by atoms with Crippen LogP contribution in [0.1, 0.15) is 45.2 Å². The van der Waals surface area contributed by atoms with E-state index in [1.54, 1.807) is 7.11 Å². The van der Waals surface area contributed by atoms with Gasteiger partial charge in [-0.25, -0.2) is 0 Å². The molecule has 0 aliphatic heterocycles. The standard InChI is InChI=1S/C17H29BrN2O/c1-5-13(6-2)12-20(7-3)16(11-19)14-8-9-17(21-4)15(18)10-14/h8-10,13,16H,5-7,11-12,19H2,1-4H3. The highest BCUT2D eigenvalue weighted by atomic mass is 79.9. The van der Waals surface area contributed by atoms with Gasteiger partial charge in [0.15, 0.2) is 0 Å². The van der Waals surface area contributed by atoms with E-state index in [1.165, 1.54) is 18.4 Å². The molecule has 2 N–H and O–H groups in total. The van der Waals surface area contributed by atoms with Crippen LogP contribution in [-0.4, -0.2) is 31.6 Å². The number of benzene rings is 1. The number of ether oxygens (including phenoxy) is 1. The molecule has 1 aromatic carbocycles. The van der Waals surface area contributed by atoms with Gasteiger partial charge in [0.1, 0.15) is 5.75 Å². The van der Waals surface area contributed by atoms with Crippen LogP contribution in [0.3, 0.4) is 0 Å². The third kappa shape index (κ3) is 4.97. The molecule has 0 fully saturated rings. The first-order valence-corrected chi connectivity index (χ1v) is 8.67. The van der Waals surface area contributed by atoms with Crippen LogP contribution in [0, 0.1) is 5.92 Å². The summed E-state index contributed by atoms with van der Waals surface area (Å²) in [6, 6.07) is 6.52. The molecular formula is C17H29BrN2O. The number of methoxy groups -OCH3 is 1. The van der Waals surface area contributed by atoms with E-state index in [0.717, 1.165) is 29.2 Å². The molecule has 21 heavy (non-hydrogen) atoms. The first-order valence-electron chi connectivity index (χ1n) is 7.88. The monoisotopic (exact) mass is 356 g/mol. The molecular weight excluding hydrogens is 328 g/mol. The van der Waals surface area contributed by atoms with Crippen LogP contribution in [-0.2, 0) is 0 Å². The van der Waals surface area contributed by atoms with Gasteiger partial charge in [-0.3, -0.25) is 4.90 Å². The van der Waals surface area contributed by atoms with Crippen molar-refractivity contribution in [3.05, 3.63) is 28.2 Å². The molecule has 1 aromatic rings. The van der Waals surface area contributed by atoms with Gasteiger partial charge in [-0.1, -0.05) is 39.7 Å². The van der Waals surface area contributed by atoms with Crippen molar-refractivity contribution in [2.45, 2.75) is 39.7 Å². The first kappa shape index (κ1) is 18.5. The molecule has 1 unspecified atom stereocenters. The lowest BCUT2D eigenvalue weighted by Gasteiger charge is -2.33. The molecule has 1 atom stereocenters. The SMILES string of the molecule is CCC(CC)CN(CC)C(CN)c1ccc(OC)c(Br)c1. The van der Waals surface area contributed by atoms with Crippen molar-refractivity contribution in [1.29, 1.82) is 0 Å². The van der Waals surface area contributed by atoms with Gasteiger partial charge in [0.25, 0.3) is 0 Å². The molecule has 3 nitrogen and oxygen atoms in total. The molecule has 0 saturated carbocycles. The minimum Gasteiger partial charge on any atom is -0.496 e. The van der Waals surface area contributed by atoms with Gasteiger partial charge in [0, 0.05) is 19.1 Å². The summed E-state index contributed by atoms with van der Waals surface area (Å²) >= 11 is 3.57. The minimum atomic E-state index is 0.262. The van der Waals surface area contributed by atoms with E-state index in [1.807, 2.05) is 6.07 Å². The number of nitrogens with zero attached hydrogens (tertiary/aromatic N) is 1. The Labute approximate surface area is 138 Å². The molecule has 0 spiro atoms. The number of halogens is 1. The lowest BCUT2D eigenvalue weighted by molar-refractivity contribution is 0.174. The van der Waals surface area contributed by atoms with Crippen molar-refractivity contribution in [1.82, 2.24) is 4.90 Å². The lowest BCUT2D eigenvalue weighted by Crippen LogP contribution is -2.37. The predicted molar refractivity (Wildman–Crippen MR) is 93.8 cm³/mol. The van der Waals surface area contributed by atoms with Crippen molar-refractivity contribution in [2.24, 2.45) is 11.7 Å². The van der Waals surface area contributed by atoms with E-state index in [-0.39, 0.29) is 6.04 Å². The van der Waals surface area contributed by atoms with Crippen LogP contribution in [0.15, 0.2) is 22.7 Å². The molecule has 0 aliphatic carbocycles. The molecule has 1 rings (SSSR count). The number of rotatable bonds is 9. The molecule has 0 saturated heterocycles. The summed E-state index contributed by atoms with van der Waals surface area (Å²) in [6.07, 6.45) is 2.44. The van der Waals surface area contributed by atoms with Gasteiger partial charge in [0.05, 0.1) is 11.6 Å². The van der Waals surface area contributed by atoms with E-state index in [2.05, 4.69) is 53.7 Å². The van der Waals surface area contributed by atoms with E-state index in [0.29, 0.717) is 6.54 Å². The van der Waals surface area contributed by atoms with Gasteiger partial charge >= 0.3 is 0 Å². The highest BCUT2D eigenvalue weighted by molar-refractivity contribution is 9.10. The zero-order valence-corrected chi connectivity index (χ0v) is 15.3. The Morgan fingerprint density at radius 2 is 1.90 bits per heavy atom. The largest absolute Gasteiger partial charge is 0.496 e. The Kier molecular flexibility index (Phi) is 8.30. The number of hydrogen-bond donors (Lipinski definition) is 1. The Morgan fingerprint density at radius 1 is 1.24 bits per heavy atom. The van der Waals surface area contributed by atoms with E-state index in [4.69, 9.17) is 10.5 Å². The van der Waals surface area contributed by atoms with Crippen LogP contribution < -0.4 is 10.5 Å². The smallest absolute Gasteiger partial charge is 0.133 e. The Hall–Kier alpha value is -0.580. The summed E-state index contributed by atoms with van der Waals surface area (Å²) in [6.45, 7) is 9.50. The number of hydrogen-bond acceptors (Lipinski definition) is 3. The topological polar surface area (TPSA) is 38.5 Å². The normalized spacial score (nSPS) is 13.0. The zero-order valence-electron chi connectivity index (χ0n) is 13.7. The fraction of sp³-hybridized carbons (Fsp3) is 0.647. The average molecular weight is 357 g/mol. The molecule has 0 bridgehead atoms. The molecule has 0 heterocycles. The van der Waals surface area contributed by atoms with E-state index in [9.17, 15) is 0 Å². The van der Waals surface area contributed by atoms with Crippen molar-refractivity contribution >= 4 is 15.9 Å². The molecule has 0 amide bonds. The third-order valence-electron chi connectivity index (χ3n) is 4.28. The Balaban J connectivity index is 2.95. The Morgan fingerprint density at radius 3 is 2.33 bits per heavy atom. The molecule has 0 aromatic heterocycles. The molecule has 0 aliphatic rings. The summed E-state index contributed by atoms with van der Waals surface area (Å²) in [4.78, 5) is 2.49. The molecule has 0 radical (unpaired) electrons. The lowest BCUT2D eigenvalue weighted by atomic mass is 9.99. The molecule has 120 valence electrons. The quantitative estimate of drug-likeness (QED) is 0.719. The summed E-state index contributed by atoms with van der Waals surface area (Å²) in [7, 11) is 1.69. The van der Waals surface area contributed by atoms with Gasteiger partial charge in [-0.05, 0) is 46.1 Å². The highest BCUT2D eigenvalue weighted by Gasteiger charge is 2.21. The van der Waals surface area contributed by atoms with Gasteiger partial charge < -0.3 is 10.5 Å². The van der Waals surface area contributed by atoms with Crippen LogP contribution in [0.25, 0.3) is 0 Å². The number of nitrogens with two attached hydrogens (primary N) is 1. The van der Waals surface area contributed by atoms with Crippen LogP contribution in [0.4, 0.5) is 0 Å². The van der Waals surface area contributed by atoms with Crippen molar-refractivity contribution in [3.8, 4) is 5.75 Å². The average Bonchev–Trinajstić information content (AvgIpc) is 2.51. The predicted octanol–water partition coefficient (Wildman–Crippen LogP) is 4.22. The minimum absolute atomic E-state index is 0.262. The second kappa shape index (κ2) is 9.44. The summed E-state index contributed by atoms with van der Waals surface area (Å²) in [5.41, 5.74) is 7.32. The highest BCUT2D eigenvalue weighted by Crippen LogP contribution is 2.30. The van der Waals surface area contributed by atoms with Crippen molar-refractivity contribution < 1.29 is 4.74 Å². The fourth-order valence-corrected chi connectivity index (χ4v) is 3.30. The summed E-state index contributed by atoms with van der Waals surface area (Å²) < 4.78 is 6.29.